The van der Waals surface area contributed by atoms with Crippen molar-refractivity contribution in [3.63, 3.8) is 0 Å². The third kappa shape index (κ3) is 5.14. The first kappa shape index (κ1) is 32.4. The Morgan fingerprint density at radius 3 is 1.71 bits per heavy atom. The Bertz CT molecular complexity index is 3570. The quantitative estimate of drug-likeness (QED) is 0.176. The van der Waals surface area contributed by atoms with Gasteiger partial charge in [0.2, 0.25) is 0 Å². The molecule has 0 aliphatic carbocycles. The summed E-state index contributed by atoms with van der Waals surface area (Å²) in [6, 6.07) is 65.0. The van der Waals surface area contributed by atoms with E-state index in [9.17, 15) is 0 Å². The second-order valence-electron chi connectivity index (χ2n) is 14.7. The van der Waals surface area contributed by atoms with Crippen LogP contribution in [-0.2, 0) is 0 Å². The second-order valence-corrected chi connectivity index (χ2v) is 14.7. The Kier molecular flexibility index (Phi) is 7.16. The van der Waals surface area contributed by atoms with Crippen LogP contribution < -0.4 is 0 Å². The highest BCUT2D eigenvalue weighted by Crippen LogP contribution is 2.43. The van der Waals surface area contributed by atoms with E-state index in [1.807, 2.05) is 18.2 Å². The molecule has 0 amide bonds. The minimum atomic E-state index is 0.561. The number of furan rings is 2. The van der Waals surface area contributed by atoms with Crippen LogP contribution >= 0.6 is 0 Å². The molecule has 0 saturated carbocycles. The van der Waals surface area contributed by atoms with Gasteiger partial charge in [-0.25, -0.2) is 15.0 Å². The van der Waals surface area contributed by atoms with E-state index in [4.69, 9.17) is 23.8 Å². The molecule has 0 spiro atoms. The molecule has 3 aromatic heterocycles. The lowest BCUT2D eigenvalue weighted by Crippen LogP contribution is -2.00. The van der Waals surface area contributed by atoms with Crippen LogP contribution in [0.3, 0.4) is 0 Å². The van der Waals surface area contributed by atoms with Gasteiger partial charge < -0.3 is 8.83 Å². The van der Waals surface area contributed by atoms with Gasteiger partial charge in [0.25, 0.3) is 0 Å². The summed E-state index contributed by atoms with van der Waals surface area (Å²) in [6.07, 6.45) is 0. The molecule has 5 heteroatoms. The van der Waals surface area contributed by atoms with Crippen molar-refractivity contribution < 1.29 is 8.83 Å². The number of rotatable bonds is 5. The summed E-state index contributed by atoms with van der Waals surface area (Å²) in [5.41, 5.74) is 10.4. The predicted octanol–water partition coefficient (Wildman–Crippen LogP) is 14.3. The summed E-state index contributed by atoms with van der Waals surface area (Å²) in [5.74, 6) is 1.73. The Morgan fingerprint density at radius 1 is 0.293 bits per heavy atom. The summed E-state index contributed by atoms with van der Waals surface area (Å²) in [4.78, 5) is 15.7. The first-order chi connectivity index (χ1) is 28.7. The zero-order chi connectivity index (χ0) is 38.2. The number of hydrogen-bond acceptors (Lipinski definition) is 5. The smallest absolute Gasteiger partial charge is 0.164 e. The van der Waals surface area contributed by atoms with Crippen molar-refractivity contribution in [3.8, 4) is 56.4 Å². The van der Waals surface area contributed by atoms with Crippen LogP contribution in [0.1, 0.15) is 0 Å². The van der Waals surface area contributed by atoms with Gasteiger partial charge in [0.05, 0.1) is 0 Å². The molecule has 9 aromatic carbocycles. The second kappa shape index (κ2) is 12.8. The lowest BCUT2D eigenvalue weighted by atomic mass is 9.98. The molecule has 0 atom stereocenters. The molecule has 58 heavy (non-hydrogen) atoms. The number of benzene rings is 9. The zero-order valence-corrected chi connectivity index (χ0v) is 31.1. The molecule has 12 aromatic rings. The summed E-state index contributed by atoms with van der Waals surface area (Å²) in [5, 5.41) is 8.45. The highest BCUT2D eigenvalue weighted by molar-refractivity contribution is 6.20. The third-order valence-corrected chi connectivity index (χ3v) is 11.3. The highest BCUT2D eigenvalue weighted by atomic mass is 16.3. The van der Waals surface area contributed by atoms with E-state index >= 15 is 0 Å². The van der Waals surface area contributed by atoms with E-state index in [1.54, 1.807) is 0 Å². The molecule has 0 unspecified atom stereocenters. The van der Waals surface area contributed by atoms with Crippen molar-refractivity contribution in [2.45, 2.75) is 0 Å². The van der Waals surface area contributed by atoms with Crippen LogP contribution in [0.5, 0.6) is 0 Å². The largest absolute Gasteiger partial charge is 0.456 e. The van der Waals surface area contributed by atoms with Crippen molar-refractivity contribution in [3.05, 3.63) is 188 Å². The van der Waals surface area contributed by atoms with E-state index < -0.39 is 0 Å². The predicted molar refractivity (Wildman–Crippen MR) is 237 cm³/mol. The minimum absolute atomic E-state index is 0.561. The van der Waals surface area contributed by atoms with Gasteiger partial charge in [-0.3, -0.25) is 0 Å². The van der Waals surface area contributed by atoms with Crippen LogP contribution in [0, 0.1) is 0 Å². The lowest BCUT2D eigenvalue weighted by Gasteiger charge is -2.11. The fourth-order valence-electron chi connectivity index (χ4n) is 8.56. The molecule has 0 N–H and O–H groups in total. The van der Waals surface area contributed by atoms with Gasteiger partial charge in [0, 0.05) is 49.2 Å². The summed E-state index contributed by atoms with van der Waals surface area (Å²) >= 11 is 0. The van der Waals surface area contributed by atoms with E-state index in [0.29, 0.717) is 17.5 Å². The summed E-state index contributed by atoms with van der Waals surface area (Å²) in [7, 11) is 0. The standard InChI is InChI=1S/C53H31N3O2/c1-3-14-33(15-4-1)38-21-12-24-46-48(38)43-28-27-37(30-47(43)57-46)52-54-51(36-26-25-32-13-7-8-18-35(32)29-36)55-53(56-52)45-31-44-42-23-11-22-39(34-16-5-2-6-17-34)49(42)58-50(44)41-20-10-9-19-40(41)45/h1-31H. The third-order valence-electron chi connectivity index (χ3n) is 11.3. The molecular weight excluding hydrogens is 711 g/mol. The fraction of sp³-hybridized carbons (Fsp3) is 0. The zero-order valence-electron chi connectivity index (χ0n) is 31.1. The molecule has 0 saturated heterocycles. The molecule has 270 valence electrons. The van der Waals surface area contributed by atoms with Crippen molar-refractivity contribution in [1.29, 1.82) is 0 Å². The van der Waals surface area contributed by atoms with Crippen molar-refractivity contribution in [2.75, 3.05) is 0 Å². The average molecular weight is 742 g/mol. The van der Waals surface area contributed by atoms with Gasteiger partial charge in [-0.1, -0.05) is 158 Å². The van der Waals surface area contributed by atoms with Crippen LogP contribution in [0.25, 0.3) is 122 Å². The first-order valence-corrected chi connectivity index (χ1v) is 19.4. The van der Waals surface area contributed by atoms with Crippen LogP contribution in [-0.4, -0.2) is 15.0 Å². The van der Waals surface area contributed by atoms with Gasteiger partial charge in [0.1, 0.15) is 22.3 Å². The van der Waals surface area contributed by atoms with Crippen LogP contribution in [0.15, 0.2) is 197 Å². The van der Waals surface area contributed by atoms with E-state index in [0.717, 1.165) is 104 Å². The topological polar surface area (TPSA) is 65.0 Å². The SMILES string of the molecule is c1ccc(-c2cccc3c2oc2c4ccccc4c(-c4nc(-c5ccc6ccccc6c5)nc(-c5ccc6c(c5)oc5cccc(-c7ccccc7)c56)n4)cc32)cc1. The maximum atomic E-state index is 6.81. The number of nitrogens with zero attached hydrogens (tertiary/aromatic N) is 3. The monoisotopic (exact) mass is 741 g/mol. The number of aromatic nitrogens is 3. The maximum Gasteiger partial charge on any atom is 0.164 e. The van der Waals surface area contributed by atoms with Gasteiger partial charge in [-0.2, -0.15) is 0 Å². The Hall–Kier alpha value is -7.89. The van der Waals surface area contributed by atoms with Gasteiger partial charge in [-0.05, 0) is 63.2 Å². The molecule has 0 aliphatic heterocycles. The molecular formula is C53H31N3O2. The molecule has 0 aliphatic rings. The van der Waals surface area contributed by atoms with Gasteiger partial charge >= 0.3 is 0 Å². The molecule has 0 radical (unpaired) electrons. The van der Waals surface area contributed by atoms with Crippen molar-refractivity contribution in [1.82, 2.24) is 15.0 Å². The van der Waals surface area contributed by atoms with E-state index in [-0.39, 0.29) is 0 Å². The molecule has 0 fully saturated rings. The lowest BCUT2D eigenvalue weighted by molar-refractivity contribution is 0.669. The average Bonchev–Trinajstić information content (AvgIpc) is 3.87. The Balaban J connectivity index is 1.10. The van der Waals surface area contributed by atoms with Gasteiger partial charge in [0.15, 0.2) is 17.5 Å². The van der Waals surface area contributed by atoms with Crippen molar-refractivity contribution >= 4 is 65.4 Å². The molecule has 5 nitrogen and oxygen atoms in total. The minimum Gasteiger partial charge on any atom is -0.456 e. The van der Waals surface area contributed by atoms with Crippen LogP contribution in [0.2, 0.25) is 0 Å². The first-order valence-electron chi connectivity index (χ1n) is 19.4. The normalized spacial score (nSPS) is 11.8. The number of para-hydroxylation sites is 1. The fourth-order valence-corrected chi connectivity index (χ4v) is 8.56. The van der Waals surface area contributed by atoms with E-state index in [2.05, 4.69) is 170 Å². The Labute approximate surface area is 332 Å². The molecule has 12 rings (SSSR count). The molecule has 0 bridgehead atoms. The van der Waals surface area contributed by atoms with Crippen LogP contribution in [0.4, 0.5) is 0 Å². The van der Waals surface area contributed by atoms with Gasteiger partial charge in [-0.15, -0.1) is 0 Å². The number of fused-ring (bicyclic) bond motifs is 9. The number of hydrogen-bond donors (Lipinski definition) is 0. The maximum absolute atomic E-state index is 6.81. The Morgan fingerprint density at radius 2 is 0.897 bits per heavy atom. The van der Waals surface area contributed by atoms with Crippen molar-refractivity contribution in [2.24, 2.45) is 0 Å². The van der Waals surface area contributed by atoms with E-state index in [1.165, 1.54) is 0 Å². The summed E-state index contributed by atoms with van der Waals surface area (Å²) in [6.45, 7) is 0. The molecule has 3 heterocycles. The highest BCUT2D eigenvalue weighted by Gasteiger charge is 2.21. The summed E-state index contributed by atoms with van der Waals surface area (Å²) < 4.78 is 13.4.